The highest BCUT2D eigenvalue weighted by Gasteiger charge is 2.42. The van der Waals surface area contributed by atoms with Crippen LogP contribution in [0.25, 0.3) is 0 Å². The maximum atomic E-state index is 13.4. The molecule has 1 aromatic carbocycles. The van der Waals surface area contributed by atoms with Gasteiger partial charge in [-0.05, 0) is 50.0 Å². The summed E-state index contributed by atoms with van der Waals surface area (Å²) in [4.78, 5) is 29.6. The number of piperidine rings is 1. The van der Waals surface area contributed by atoms with E-state index in [1.165, 1.54) is 12.1 Å². The molecule has 2 heterocycles. The van der Waals surface area contributed by atoms with Crippen molar-refractivity contribution in [3.63, 3.8) is 0 Å². The number of ether oxygens (including phenoxy) is 1. The van der Waals surface area contributed by atoms with Crippen LogP contribution < -0.4 is 5.32 Å². The summed E-state index contributed by atoms with van der Waals surface area (Å²) < 4.78 is 18.7. The van der Waals surface area contributed by atoms with E-state index in [0.717, 1.165) is 32.4 Å². The van der Waals surface area contributed by atoms with Crippen molar-refractivity contribution < 1.29 is 18.7 Å². The zero-order chi connectivity index (χ0) is 20.0. The number of methoxy groups -OCH3 is 1. The molecule has 2 saturated heterocycles. The molecule has 0 aliphatic carbocycles. The van der Waals surface area contributed by atoms with Crippen LogP contribution in [-0.4, -0.2) is 74.6 Å². The third kappa shape index (κ3) is 4.89. The van der Waals surface area contributed by atoms with Gasteiger partial charge in [0.05, 0.1) is 18.4 Å². The van der Waals surface area contributed by atoms with Crippen molar-refractivity contribution in [3.8, 4) is 0 Å². The Bertz CT molecular complexity index is 686. The van der Waals surface area contributed by atoms with E-state index in [9.17, 15) is 14.0 Å². The number of benzene rings is 1. The van der Waals surface area contributed by atoms with Gasteiger partial charge in [0, 0.05) is 33.3 Å². The smallest absolute Gasteiger partial charge is 0.231 e. The quantitative estimate of drug-likeness (QED) is 0.825. The summed E-state index contributed by atoms with van der Waals surface area (Å²) in [5.41, 5.74) is 0.219. The van der Waals surface area contributed by atoms with Crippen molar-refractivity contribution in [2.45, 2.75) is 25.7 Å². The molecule has 6 nitrogen and oxygen atoms in total. The third-order valence-corrected chi connectivity index (χ3v) is 5.82. The average molecular weight is 391 g/mol. The summed E-state index contributed by atoms with van der Waals surface area (Å²) in [6.45, 7) is 4.40. The number of nitrogens with zero attached hydrogens (tertiary/aromatic N) is 2. The van der Waals surface area contributed by atoms with Crippen molar-refractivity contribution in [3.05, 3.63) is 35.6 Å². The fourth-order valence-electron chi connectivity index (χ4n) is 4.24. The minimum atomic E-state index is -0.458. The zero-order valence-electron chi connectivity index (χ0n) is 16.6. The molecule has 1 aromatic rings. The van der Waals surface area contributed by atoms with E-state index in [1.807, 2.05) is 4.90 Å². The minimum Gasteiger partial charge on any atom is -0.384 e. The monoisotopic (exact) mass is 391 g/mol. The molecule has 0 atom stereocenters. The number of rotatable bonds is 5. The highest BCUT2D eigenvalue weighted by molar-refractivity contribution is 5.83. The van der Waals surface area contributed by atoms with Gasteiger partial charge < -0.3 is 19.9 Å². The molecule has 2 aliphatic heterocycles. The Balaban J connectivity index is 1.60. The van der Waals surface area contributed by atoms with E-state index < -0.39 is 5.41 Å². The molecule has 0 saturated carbocycles. The van der Waals surface area contributed by atoms with E-state index >= 15 is 0 Å². The Morgan fingerprint density at radius 3 is 2.57 bits per heavy atom. The number of hydrogen-bond donors (Lipinski definition) is 1. The van der Waals surface area contributed by atoms with Crippen LogP contribution >= 0.6 is 0 Å². The Hall–Kier alpha value is -1.99. The van der Waals surface area contributed by atoms with E-state index in [-0.39, 0.29) is 24.1 Å². The van der Waals surface area contributed by atoms with E-state index in [1.54, 1.807) is 24.1 Å². The number of hydrogen-bond acceptors (Lipinski definition) is 4. The summed E-state index contributed by atoms with van der Waals surface area (Å²) in [6, 6.07) is 6.16. The maximum Gasteiger partial charge on any atom is 0.231 e. The molecule has 2 aliphatic rings. The minimum absolute atomic E-state index is 0.0200. The van der Waals surface area contributed by atoms with Crippen LogP contribution in [0.15, 0.2) is 24.3 Å². The van der Waals surface area contributed by atoms with Gasteiger partial charge in [0.1, 0.15) is 5.82 Å². The lowest BCUT2D eigenvalue weighted by Crippen LogP contribution is -2.52. The average Bonchev–Trinajstić information content (AvgIpc) is 2.95. The lowest BCUT2D eigenvalue weighted by Gasteiger charge is -2.39. The lowest BCUT2D eigenvalue weighted by molar-refractivity contribution is -0.147. The Labute approximate surface area is 166 Å². The van der Waals surface area contributed by atoms with Gasteiger partial charge in [-0.2, -0.15) is 0 Å². The van der Waals surface area contributed by atoms with Gasteiger partial charge in [0.25, 0.3) is 0 Å². The predicted molar refractivity (Wildman–Crippen MR) is 104 cm³/mol. The number of nitrogens with one attached hydrogen (secondary N) is 1. The van der Waals surface area contributed by atoms with Gasteiger partial charge in [0.2, 0.25) is 11.8 Å². The first-order valence-electron chi connectivity index (χ1n) is 10.1. The first-order valence-corrected chi connectivity index (χ1v) is 10.1. The predicted octanol–water partition coefficient (Wildman–Crippen LogP) is 1.45. The second kappa shape index (κ2) is 9.47. The van der Waals surface area contributed by atoms with Crippen molar-refractivity contribution in [1.82, 2.24) is 15.1 Å². The first kappa shape index (κ1) is 20.7. The van der Waals surface area contributed by atoms with Crippen LogP contribution in [0.1, 0.15) is 24.8 Å². The molecule has 0 aromatic heterocycles. The Kier molecular flexibility index (Phi) is 7.02. The van der Waals surface area contributed by atoms with Gasteiger partial charge in [-0.1, -0.05) is 12.1 Å². The Morgan fingerprint density at radius 1 is 1.14 bits per heavy atom. The molecular formula is C21H30FN3O3. The molecule has 3 rings (SSSR count). The number of carbonyl (C=O) groups excluding carboxylic acids is 2. The Morgan fingerprint density at radius 2 is 1.86 bits per heavy atom. The maximum absolute atomic E-state index is 13.4. The van der Waals surface area contributed by atoms with E-state index in [4.69, 9.17) is 4.74 Å². The summed E-state index contributed by atoms with van der Waals surface area (Å²) in [5.74, 6) is -0.202. The third-order valence-electron chi connectivity index (χ3n) is 5.82. The molecule has 0 bridgehead atoms. The molecule has 0 radical (unpaired) electrons. The zero-order valence-corrected chi connectivity index (χ0v) is 16.6. The number of amides is 2. The molecule has 28 heavy (non-hydrogen) atoms. The van der Waals surface area contributed by atoms with Crippen molar-refractivity contribution in [1.29, 1.82) is 0 Å². The fourth-order valence-corrected chi connectivity index (χ4v) is 4.24. The lowest BCUT2D eigenvalue weighted by atomic mass is 9.78. The SMILES string of the molecule is COCC1(C(=O)N2CCCN(C(=O)Cc3cccc(F)c3)CC2)CCNCC1. The summed E-state index contributed by atoms with van der Waals surface area (Å²) in [6.07, 6.45) is 2.49. The normalized spacial score (nSPS) is 19.9. The van der Waals surface area contributed by atoms with Crippen molar-refractivity contribution in [2.75, 3.05) is 53.0 Å². The number of carbonyl (C=O) groups is 2. The van der Waals surface area contributed by atoms with Gasteiger partial charge in [-0.25, -0.2) is 4.39 Å². The highest BCUT2D eigenvalue weighted by atomic mass is 19.1. The molecule has 1 N–H and O–H groups in total. The van der Waals surface area contributed by atoms with Crippen molar-refractivity contribution in [2.24, 2.45) is 5.41 Å². The van der Waals surface area contributed by atoms with Gasteiger partial charge >= 0.3 is 0 Å². The topological polar surface area (TPSA) is 61.9 Å². The largest absolute Gasteiger partial charge is 0.384 e. The first-order chi connectivity index (χ1) is 13.5. The van der Waals surface area contributed by atoms with Crippen LogP contribution in [0.2, 0.25) is 0 Å². The molecule has 154 valence electrons. The second-order valence-electron chi connectivity index (χ2n) is 7.80. The standard InChI is InChI=1S/C21H30FN3O3/c1-28-16-21(6-8-23-9-7-21)20(27)25-11-3-10-24(12-13-25)19(26)15-17-4-2-5-18(22)14-17/h2,4-5,14,23H,3,6-13,15-16H2,1H3. The summed E-state index contributed by atoms with van der Waals surface area (Å²) in [7, 11) is 1.65. The van der Waals surface area contributed by atoms with Crippen LogP contribution in [0.3, 0.4) is 0 Å². The van der Waals surface area contributed by atoms with Crippen molar-refractivity contribution >= 4 is 11.8 Å². The molecule has 0 unspecified atom stereocenters. The summed E-state index contributed by atoms with van der Waals surface area (Å²) in [5, 5.41) is 3.31. The fraction of sp³-hybridized carbons (Fsp3) is 0.619. The van der Waals surface area contributed by atoms with Gasteiger partial charge in [-0.3, -0.25) is 9.59 Å². The van der Waals surface area contributed by atoms with Gasteiger partial charge in [-0.15, -0.1) is 0 Å². The van der Waals surface area contributed by atoms with Crippen LogP contribution in [0.5, 0.6) is 0 Å². The molecule has 2 amide bonds. The molecule has 7 heteroatoms. The van der Waals surface area contributed by atoms with E-state index in [0.29, 0.717) is 38.3 Å². The van der Waals surface area contributed by atoms with Gasteiger partial charge in [0.15, 0.2) is 0 Å². The van der Waals surface area contributed by atoms with Crippen LogP contribution in [-0.2, 0) is 20.7 Å². The van der Waals surface area contributed by atoms with Crippen LogP contribution in [0.4, 0.5) is 4.39 Å². The highest BCUT2D eigenvalue weighted by Crippen LogP contribution is 2.32. The summed E-state index contributed by atoms with van der Waals surface area (Å²) >= 11 is 0. The second-order valence-corrected chi connectivity index (χ2v) is 7.80. The number of halogens is 1. The molecular weight excluding hydrogens is 361 g/mol. The van der Waals surface area contributed by atoms with E-state index in [2.05, 4.69) is 5.32 Å². The molecule has 2 fully saturated rings. The van der Waals surface area contributed by atoms with Crippen LogP contribution in [0, 0.1) is 11.2 Å². The molecule has 0 spiro atoms.